The highest BCUT2D eigenvalue weighted by Gasteiger charge is 2.11. The molecule has 0 bridgehead atoms. The van der Waals surface area contributed by atoms with Crippen LogP contribution < -0.4 is 5.73 Å². The van der Waals surface area contributed by atoms with E-state index in [2.05, 4.69) is 5.10 Å². The molecule has 1 atom stereocenters. The maximum Gasteiger partial charge on any atom is 0.0977 e. The van der Waals surface area contributed by atoms with E-state index in [9.17, 15) is 0 Å². The molecule has 0 amide bonds. The van der Waals surface area contributed by atoms with Crippen molar-refractivity contribution in [3.8, 4) is 0 Å². The van der Waals surface area contributed by atoms with Gasteiger partial charge in [0, 0.05) is 45.7 Å². The molecule has 1 aromatic heterocycles. The summed E-state index contributed by atoms with van der Waals surface area (Å²) in [6, 6.07) is 0. The average Bonchev–Trinajstić information content (AvgIpc) is 2.65. The summed E-state index contributed by atoms with van der Waals surface area (Å²) in [6.45, 7) is 1.84. The van der Waals surface area contributed by atoms with Gasteiger partial charge in [-0.15, -0.1) is 0 Å². The molecular weight excluding hydrogens is 194 g/mol. The van der Waals surface area contributed by atoms with Crippen molar-refractivity contribution in [1.29, 1.82) is 0 Å². The van der Waals surface area contributed by atoms with Crippen LogP contribution in [-0.4, -0.2) is 36.6 Å². The highest BCUT2D eigenvalue weighted by molar-refractivity contribution is 5.08. The van der Waals surface area contributed by atoms with Gasteiger partial charge in [-0.05, 0) is 6.42 Å². The first-order chi connectivity index (χ1) is 7.27. The number of ether oxygens (including phenoxy) is 2. The zero-order valence-electron chi connectivity index (χ0n) is 9.35. The molecule has 0 aliphatic carbocycles. The molecule has 1 aromatic rings. The monoisotopic (exact) mass is 213 g/mol. The van der Waals surface area contributed by atoms with E-state index in [4.69, 9.17) is 15.2 Å². The second-order valence-electron chi connectivity index (χ2n) is 3.39. The fourth-order valence-electron chi connectivity index (χ4n) is 1.34. The second kappa shape index (κ2) is 6.55. The molecule has 0 aliphatic heterocycles. The van der Waals surface area contributed by atoms with Crippen molar-refractivity contribution >= 4 is 0 Å². The lowest BCUT2D eigenvalue weighted by atomic mass is 10.2. The van der Waals surface area contributed by atoms with Crippen LogP contribution in [0.3, 0.4) is 0 Å². The van der Waals surface area contributed by atoms with Crippen LogP contribution in [0.2, 0.25) is 0 Å². The molecule has 5 nitrogen and oxygen atoms in total. The molecule has 0 saturated heterocycles. The van der Waals surface area contributed by atoms with Crippen LogP contribution in [0.15, 0.2) is 12.4 Å². The van der Waals surface area contributed by atoms with Gasteiger partial charge in [0.15, 0.2) is 0 Å². The van der Waals surface area contributed by atoms with Gasteiger partial charge in [-0.2, -0.15) is 5.10 Å². The summed E-state index contributed by atoms with van der Waals surface area (Å²) in [5.41, 5.74) is 6.66. The molecule has 15 heavy (non-hydrogen) atoms. The van der Waals surface area contributed by atoms with E-state index in [0.717, 1.165) is 12.0 Å². The summed E-state index contributed by atoms with van der Waals surface area (Å²) in [7, 11) is 3.56. The Morgan fingerprint density at radius 2 is 2.33 bits per heavy atom. The Labute approximate surface area is 90.2 Å². The van der Waals surface area contributed by atoms with Gasteiger partial charge in [0.2, 0.25) is 0 Å². The molecule has 0 spiro atoms. The Kier molecular flexibility index (Phi) is 5.31. The summed E-state index contributed by atoms with van der Waals surface area (Å²) in [6.07, 6.45) is 4.53. The molecule has 1 rings (SSSR count). The van der Waals surface area contributed by atoms with Crippen LogP contribution in [-0.2, 0) is 16.5 Å². The normalized spacial score (nSPS) is 13.0. The molecule has 86 valence electrons. The molecule has 1 heterocycles. The number of nitrogens with zero attached hydrogens (tertiary/aromatic N) is 2. The molecule has 5 heteroatoms. The van der Waals surface area contributed by atoms with Gasteiger partial charge >= 0.3 is 0 Å². The van der Waals surface area contributed by atoms with Crippen LogP contribution in [0, 0.1) is 0 Å². The first kappa shape index (κ1) is 12.2. The largest absolute Gasteiger partial charge is 0.385 e. The Morgan fingerprint density at radius 3 is 2.87 bits per heavy atom. The predicted octanol–water partition coefficient (Wildman–Crippen LogP) is 0.473. The number of aromatic nitrogens is 2. The Hall–Kier alpha value is -0.910. The molecule has 0 aliphatic rings. The van der Waals surface area contributed by atoms with E-state index in [0.29, 0.717) is 19.8 Å². The van der Waals surface area contributed by atoms with Crippen LogP contribution in [0.4, 0.5) is 0 Å². The van der Waals surface area contributed by atoms with Gasteiger partial charge in [0.25, 0.3) is 0 Å². The number of nitrogens with two attached hydrogens (primary N) is 1. The number of aryl methyl sites for hydroxylation is 1. The minimum atomic E-state index is -0.0597. The molecule has 2 N–H and O–H groups in total. The summed E-state index contributed by atoms with van der Waals surface area (Å²) in [5, 5.41) is 4.09. The zero-order valence-corrected chi connectivity index (χ0v) is 9.35. The van der Waals surface area contributed by atoms with Crippen molar-refractivity contribution < 1.29 is 9.47 Å². The van der Waals surface area contributed by atoms with E-state index in [1.54, 1.807) is 18.0 Å². The number of methoxy groups -OCH3 is 1. The minimum Gasteiger partial charge on any atom is -0.385 e. The van der Waals surface area contributed by atoms with E-state index in [-0.39, 0.29) is 6.10 Å². The Morgan fingerprint density at radius 1 is 1.53 bits per heavy atom. The maximum atomic E-state index is 5.64. The highest BCUT2D eigenvalue weighted by Crippen LogP contribution is 2.14. The van der Waals surface area contributed by atoms with E-state index in [1.807, 2.05) is 13.2 Å². The van der Waals surface area contributed by atoms with Crippen LogP contribution >= 0.6 is 0 Å². The van der Waals surface area contributed by atoms with Crippen molar-refractivity contribution in [3.05, 3.63) is 18.0 Å². The number of hydrogen-bond acceptors (Lipinski definition) is 4. The highest BCUT2D eigenvalue weighted by atomic mass is 16.5. The molecule has 0 aromatic carbocycles. The van der Waals surface area contributed by atoms with Gasteiger partial charge in [-0.3, -0.25) is 4.68 Å². The topological polar surface area (TPSA) is 62.3 Å². The first-order valence-electron chi connectivity index (χ1n) is 5.07. The third-order valence-electron chi connectivity index (χ3n) is 2.12. The fraction of sp³-hybridized carbons (Fsp3) is 0.700. The van der Waals surface area contributed by atoms with Gasteiger partial charge in [-0.1, -0.05) is 0 Å². The Balaban J connectivity index is 2.35. The van der Waals surface area contributed by atoms with Gasteiger partial charge in [0.1, 0.15) is 0 Å². The minimum absolute atomic E-state index is 0.0597. The van der Waals surface area contributed by atoms with Crippen LogP contribution in [0.5, 0.6) is 0 Å². The quantitative estimate of drug-likeness (QED) is 0.669. The summed E-state index contributed by atoms with van der Waals surface area (Å²) in [4.78, 5) is 0. The third kappa shape index (κ3) is 3.99. The van der Waals surface area contributed by atoms with Crippen molar-refractivity contribution in [2.45, 2.75) is 12.5 Å². The van der Waals surface area contributed by atoms with Crippen molar-refractivity contribution in [1.82, 2.24) is 9.78 Å². The lowest BCUT2D eigenvalue weighted by Crippen LogP contribution is -2.16. The molecular formula is C10H19N3O2. The van der Waals surface area contributed by atoms with Gasteiger partial charge < -0.3 is 15.2 Å². The standard InChI is InChI=1S/C10H19N3O2/c1-13-8-9(7-12-13)10(6-11)15-5-3-4-14-2/h7-8,10H,3-6,11H2,1-2H3. The van der Waals surface area contributed by atoms with E-state index in [1.165, 1.54) is 0 Å². The summed E-state index contributed by atoms with van der Waals surface area (Å²) in [5.74, 6) is 0. The Bertz CT molecular complexity index is 275. The van der Waals surface area contributed by atoms with E-state index >= 15 is 0 Å². The lowest BCUT2D eigenvalue weighted by molar-refractivity contribution is 0.0438. The predicted molar refractivity (Wildman–Crippen MR) is 57.4 cm³/mol. The summed E-state index contributed by atoms with van der Waals surface area (Å²) < 4.78 is 12.3. The van der Waals surface area contributed by atoms with Crippen molar-refractivity contribution in [3.63, 3.8) is 0 Å². The first-order valence-corrected chi connectivity index (χ1v) is 5.07. The van der Waals surface area contributed by atoms with Crippen molar-refractivity contribution in [2.75, 3.05) is 26.9 Å². The van der Waals surface area contributed by atoms with Crippen LogP contribution in [0.25, 0.3) is 0 Å². The second-order valence-corrected chi connectivity index (χ2v) is 3.39. The fourth-order valence-corrected chi connectivity index (χ4v) is 1.34. The maximum absolute atomic E-state index is 5.64. The number of hydrogen-bond donors (Lipinski definition) is 1. The number of rotatable bonds is 7. The lowest BCUT2D eigenvalue weighted by Gasteiger charge is -2.13. The van der Waals surface area contributed by atoms with Crippen molar-refractivity contribution in [2.24, 2.45) is 12.8 Å². The average molecular weight is 213 g/mol. The zero-order chi connectivity index (χ0) is 11.1. The van der Waals surface area contributed by atoms with Crippen LogP contribution in [0.1, 0.15) is 18.1 Å². The molecule has 0 saturated carbocycles. The molecule has 0 radical (unpaired) electrons. The van der Waals surface area contributed by atoms with Gasteiger partial charge in [-0.25, -0.2) is 0 Å². The van der Waals surface area contributed by atoms with Gasteiger partial charge in [0.05, 0.1) is 12.3 Å². The third-order valence-corrected chi connectivity index (χ3v) is 2.12. The SMILES string of the molecule is COCCCOC(CN)c1cnn(C)c1. The summed E-state index contributed by atoms with van der Waals surface area (Å²) >= 11 is 0. The molecule has 0 fully saturated rings. The molecule has 1 unspecified atom stereocenters. The smallest absolute Gasteiger partial charge is 0.0977 e. The van der Waals surface area contributed by atoms with E-state index < -0.39 is 0 Å².